The van der Waals surface area contributed by atoms with Gasteiger partial charge in [-0.1, -0.05) is 13.3 Å². The maximum Gasteiger partial charge on any atom is 0.0121 e. The molecule has 0 aromatic heterocycles. The number of hydrogen-bond acceptors (Lipinski definition) is 1. The molecule has 1 nitrogen and oxygen atoms in total. The average Bonchev–Trinajstić information content (AvgIpc) is 1.89. The van der Waals surface area contributed by atoms with E-state index in [4.69, 9.17) is 0 Å². The molecule has 1 fully saturated rings. The van der Waals surface area contributed by atoms with E-state index in [1.807, 2.05) is 0 Å². The Balaban J connectivity index is 2.30. The van der Waals surface area contributed by atoms with Crippen molar-refractivity contribution in [3.8, 4) is 0 Å². The van der Waals surface area contributed by atoms with Crippen molar-refractivity contribution in [2.24, 2.45) is 0 Å². The minimum atomic E-state index is 0.763. The van der Waals surface area contributed by atoms with Gasteiger partial charge in [0.25, 0.3) is 0 Å². The maximum absolute atomic E-state index is 2.43. The van der Waals surface area contributed by atoms with Gasteiger partial charge in [-0.2, -0.15) is 0 Å². The van der Waals surface area contributed by atoms with Gasteiger partial charge in [-0.05, 0) is 32.9 Å². The van der Waals surface area contributed by atoms with Crippen LogP contribution in [0.4, 0.5) is 0 Å². The van der Waals surface area contributed by atoms with Gasteiger partial charge in [0, 0.05) is 6.04 Å². The molecule has 0 aromatic carbocycles. The van der Waals surface area contributed by atoms with Gasteiger partial charge in [-0.3, -0.25) is 0 Å². The van der Waals surface area contributed by atoms with Crippen LogP contribution in [0.5, 0.6) is 0 Å². The molecule has 0 amide bonds. The van der Waals surface area contributed by atoms with E-state index in [-0.39, 0.29) is 0 Å². The van der Waals surface area contributed by atoms with Gasteiger partial charge in [0.15, 0.2) is 0 Å². The normalized spacial score (nSPS) is 30.7. The molecule has 1 heteroatoms. The molecule has 1 saturated heterocycles. The van der Waals surface area contributed by atoms with E-state index in [1.165, 1.54) is 25.8 Å². The Hall–Kier alpha value is -0.0400. The van der Waals surface area contributed by atoms with Crippen molar-refractivity contribution < 1.29 is 0 Å². The van der Waals surface area contributed by atoms with Crippen molar-refractivity contribution in [1.29, 1.82) is 0 Å². The Morgan fingerprint density at radius 3 is 2.67 bits per heavy atom. The van der Waals surface area contributed by atoms with Gasteiger partial charge in [0.1, 0.15) is 0 Å². The summed E-state index contributed by atoms with van der Waals surface area (Å²) in [6.45, 7) is 3.45. The number of rotatable bonds is 1. The highest BCUT2D eigenvalue weighted by Gasteiger charge is 2.15. The summed E-state index contributed by atoms with van der Waals surface area (Å²) in [5.74, 6) is 0. The molecule has 0 saturated carbocycles. The molecule has 53 valence electrons. The lowest BCUT2D eigenvalue weighted by molar-refractivity contribution is 0.210. The first-order valence-corrected chi connectivity index (χ1v) is 3.84. The van der Waals surface area contributed by atoms with Crippen LogP contribution in [0, 0.1) is 6.42 Å². The summed E-state index contributed by atoms with van der Waals surface area (Å²) in [6, 6.07) is 0.763. The highest BCUT2D eigenvalue weighted by atomic mass is 15.1. The summed E-state index contributed by atoms with van der Waals surface area (Å²) in [6.07, 6.45) is 6.48. The first-order chi connectivity index (χ1) is 4.34. The van der Waals surface area contributed by atoms with Gasteiger partial charge >= 0.3 is 0 Å². The van der Waals surface area contributed by atoms with Crippen LogP contribution in [-0.4, -0.2) is 24.5 Å². The lowest BCUT2D eigenvalue weighted by Crippen LogP contribution is -2.35. The van der Waals surface area contributed by atoms with E-state index in [0.29, 0.717) is 0 Å². The Labute approximate surface area is 58.0 Å². The summed E-state index contributed by atoms with van der Waals surface area (Å²) >= 11 is 0. The highest BCUT2D eigenvalue weighted by Crippen LogP contribution is 2.15. The predicted octanol–water partition coefficient (Wildman–Crippen LogP) is 1.69. The fourth-order valence-electron chi connectivity index (χ4n) is 1.52. The third-order valence-electron chi connectivity index (χ3n) is 2.21. The monoisotopic (exact) mass is 126 g/mol. The van der Waals surface area contributed by atoms with Crippen LogP contribution in [0.25, 0.3) is 0 Å². The molecule has 1 atom stereocenters. The maximum atomic E-state index is 2.43. The fraction of sp³-hybridized carbons (Fsp3) is 0.875. The Morgan fingerprint density at radius 2 is 2.22 bits per heavy atom. The van der Waals surface area contributed by atoms with E-state index in [2.05, 4.69) is 25.3 Å². The summed E-state index contributed by atoms with van der Waals surface area (Å²) in [5.41, 5.74) is 0. The van der Waals surface area contributed by atoms with Crippen molar-refractivity contribution in [1.82, 2.24) is 4.90 Å². The number of nitrogens with zero attached hydrogens (tertiary/aromatic N) is 1. The predicted molar refractivity (Wildman–Crippen MR) is 40.2 cm³/mol. The number of hydrogen-bond donors (Lipinski definition) is 0. The molecule has 0 unspecified atom stereocenters. The highest BCUT2D eigenvalue weighted by molar-refractivity contribution is 4.82. The first-order valence-electron chi connectivity index (χ1n) is 3.84. The fourth-order valence-corrected chi connectivity index (χ4v) is 1.52. The van der Waals surface area contributed by atoms with Crippen molar-refractivity contribution in [3.63, 3.8) is 0 Å². The van der Waals surface area contributed by atoms with E-state index in [9.17, 15) is 0 Å². The second kappa shape index (κ2) is 3.21. The van der Waals surface area contributed by atoms with E-state index in [1.54, 1.807) is 0 Å². The SMILES string of the molecule is C[CH][C@H]1CCCCN1C. The third-order valence-corrected chi connectivity index (χ3v) is 2.21. The zero-order chi connectivity index (χ0) is 6.69. The molecule has 0 spiro atoms. The van der Waals surface area contributed by atoms with Crippen LogP contribution >= 0.6 is 0 Å². The lowest BCUT2D eigenvalue weighted by Gasteiger charge is -2.31. The molecule has 1 rings (SSSR count). The molecule has 9 heavy (non-hydrogen) atoms. The van der Waals surface area contributed by atoms with Crippen molar-refractivity contribution in [2.75, 3.05) is 13.6 Å². The zero-order valence-corrected chi connectivity index (χ0v) is 6.43. The van der Waals surface area contributed by atoms with Crippen molar-refractivity contribution in [3.05, 3.63) is 6.42 Å². The number of piperidine rings is 1. The van der Waals surface area contributed by atoms with Gasteiger partial charge in [-0.15, -0.1) is 0 Å². The molecule has 0 N–H and O–H groups in total. The van der Waals surface area contributed by atoms with Gasteiger partial charge in [0.05, 0.1) is 0 Å². The molecular weight excluding hydrogens is 110 g/mol. The summed E-state index contributed by atoms with van der Waals surface area (Å²) in [5, 5.41) is 0. The average molecular weight is 126 g/mol. The van der Waals surface area contributed by atoms with Crippen LogP contribution in [0.15, 0.2) is 0 Å². The molecular formula is C8H16N. The molecule has 1 radical (unpaired) electrons. The smallest absolute Gasteiger partial charge is 0.0121 e. The molecule has 1 aliphatic rings. The van der Waals surface area contributed by atoms with Crippen LogP contribution < -0.4 is 0 Å². The third kappa shape index (κ3) is 1.68. The summed E-state index contributed by atoms with van der Waals surface area (Å²) < 4.78 is 0. The zero-order valence-electron chi connectivity index (χ0n) is 6.43. The Kier molecular flexibility index (Phi) is 2.52. The second-order valence-corrected chi connectivity index (χ2v) is 2.88. The second-order valence-electron chi connectivity index (χ2n) is 2.88. The summed E-state index contributed by atoms with van der Waals surface area (Å²) in [7, 11) is 2.21. The van der Waals surface area contributed by atoms with Crippen molar-refractivity contribution >= 4 is 0 Å². The topological polar surface area (TPSA) is 3.24 Å². The minimum Gasteiger partial charge on any atom is -0.303 e. The van der Waals surface area contributed by atoms with E-state index in [0.717, 1.165) is 6.04 Å². The molecule has 1 heterocycles. The minimum absolute atomic E-state index is 0.763. The Morgan fingerprint density at radius 1 is 1.44 bits per heavy atom. The number of likely N-dealkylation sites (tertiary alicyclic amines) is 1. The molecule has 0 bridgehead atoms. The van der Waals surface area contributed by atoms with Crippen LogP contribution in [-0.2, 0) is 0 Å². The van der Waals surface area contributed by atoms with Crippen LogP contribution in [0.3, 0.4) is 0 Å². The van der Waals surface area contributed by atoms with Gasteiger partial charge in [0.2, 0.25) is 0 Å². The molecule has 1 aliphatic heterocycles. The molecule has 0 aromatic rings. The van der Waals surface area contributed by atoms with E-state index >= 15 is 0 Å². The largest absolute Gasteiger partial charge is 0.303 e. The summed E-state index contributed by atoms with van der Waals surface area (Å²) in [4.78, 5) is 2.43. The molecule has 0 aliphatic carbocycles. The van der Waals surface area contributed by atoms with Gasteiger partial charge < -0.3 is 4.90 Å². The van der Waals surface area contributed by atoms with Crippen molar-refractivity contribution in [2.45, 2.75) is 32.2 Å². The van der Waals surface area contributed by atoms with E-state index < -0.39 is 0 Å². The van der Waals surface area contributed by atoms with Crippen LogP contribution in [0.1, 0.15) is 26.2 Å². The first kappa shape index (κ1) is 7.07. The Bertz CT molecular complexity index is 80.6. The quantitative estimate of drug-likeness (QED) is 0.517. The standard InChI is InChI=1S/C8H16N/c1-3-8-6-4-5-7-9(8)2/h3,8H,4-7H2,1-2H3/t8-/m0/s1. The van der Waals surface area contributed by atoms with Crippen LogP contribution in [0.2, 0.25) is 0 Å². The lowest BCUT2D eigenvalue weighted by atomic mass is 10.0. The van der Waals surface area contributed by atoms with Gasteiger partial charge in [-0.25, -0.2) is 0 Å².